The molecule has 0 aliphatic carbocycles. The molecule has 2 rings (SSSR count). The first-order chi connectivity index (χ1) is 8.45. The molecule has 0 radical (unpaired) electrons. The first-order valence-electron chi connectivity index (χ1n) is 6.16. The monoisotopic (exact) mass is 244 g/mol. The molecule has 0 saturated carbocycles. The van der Waals surface area contributed by atoms with E-state index >= 15 is 0 Å². The first-order valence-corrected chi connectivity index (χ1v) is 6.16. The second-order valence-corrected chi connectivity index (χ2v) is 5.54. The minimum atomic E-state index is -0.0412. The first kappa shape index (κ1) is 12.8. The predicted octanol–water partition coefficient (Wildman–Crippen LogP) is 2.33. The van der Waals surface area contributed by atoms with Crippen molar-refractivity contribution in [3.63, 3.8) is 0 Å². The van der Waals surface area contributed by atoms with Crippen molar-refractivity contribution in [3.8, 4) is 5.69 Å². The van der Waals surface area contributed by atoms with Gasteiger partial charge in [0.1, 0.15) is 5.69 Å². The minimum Gasteiger partial charge on any atom is -0.325 e. The molecule has 0 unspecified atom stereocenters. The number of hydrogen-bond donors (Lipinski definition) is 1. The number of hydrogen-bond acceptors (Lipinski definition) is 3. The van der Waals surface area contributed by atoms with Gasteiger partial charge >= 0.3 is 0 Å². The molecule has 2 aromatic rings. The maximum Gasteiger partial charge on any atom is 0.100 e. The van der Waals surface area contributed by atoms with Crippen LogP contribution in [0.5, 0.6) is 0 Å². The van der Waals surface area contributed by atoms with Crippen LogP contribution >= 0.6 is 0 Å². The largest absolute Gasteiger partial charge is 0.325 e. The van der Waals surface area contributed by atoms with Crippen molar-refractivity contribution in [2.45, 2.75) is 39.7 Å². The lowest BCUT2D eigenvalue weighted by Gasteiger charge is -2.21. The highest BCUT2D eigenvalue weighted by Gasteiger charge is 2.25. The number of nitrogens with two attached hydrogens (primary N) is 1. The summed E-state index contributed by atoms with van der Waals surface area (Å²) < 4.78 is 1.91. The van der Waals surface area contributed by atoms with Gasteiger partial charge in [0.05, 0.1) is 11.4 Å². The van der Waals surface area contributed by atoms with Gasteiger partial charge < -0.3 is 5.73 Å². The zero-order valence-corrected chi connectivity index (χ0v) is 11.4. The van der Waals surface area contributed by atoms with Crippen molar-refractivity contribution in [1.29, 1.82) is 0 Å². The highest BCUT2D eigenvalue weighted by Crippen LogP contribution is 2.27. The number of para-hydroxylation sites is 1. The van der Waals surface area contributed by atoms with Crippen LogP contribution in [0, 0.1) is 6.92 Å². The molecule has 0 amide bonds. The van der Waals surface area contributed by atoms with E-state index < -0.39 is 0 Å². The second kappa shape index (κ2) is 4.53. The zero-order chi connectivity index (χ0) is 13.3. The summed E-state index contributed by atoms with van der Waals surface area (Å²) >= 11 is 0. The van der Waals surface area contributed by atoms with Gasteiger partial charge in [-0.05, 0) is 18.6 Å². The Kier molecular flexibility index (Phi) is 3.22. The van der Waals surface area contributed by atoms with Gasteiger partial charge in [-0.3, -0.25) is 0 Å². The summed E-state index contributed by atoms with van der Waals surface area (Å²) in [6, 6.07) is 8.17. The summed E-state index contributed by atoms with van der Waals surface area (Å²) in [5.74, 6) is 0. The molecule has 4 nitrogen and oxygen atoms in total. The SMILES string of the molecule is Cc1ccccc1-n1nnc(CN)c1C(C)(C)C. The van der Waals surface area contributed by atoms with Crippen LogP contribution in [0.2, 0.25) is 0 Å². The van der Waals surface area contributed by atoms with Gasteiger partial charge in [0.15, 0.2) is 0 Å². The third-order valence-corrected chi connectivity index (χ3v) is 2.99. The average molecular weight is 244 g/mol. The van der Waals surface area contributed by atoms with Crippen molar-refractivity contribution >= 4 is 0 Å². The van der Waals surface area contributed by atoms with Crippen LogP contribution in [0.4, 0.5) is 0 Å². The lowest BCUT2D eigenvalue weighted by molar-refractivity contribution is 0.537. The fourth-order valence-electron chi connectivity index (χ4n) is 2.17. The van der Waals surface area contributed by atoms with E-state index in [1.54, 1.807) is 0 Å². The van der Waals surface area contributed by atoms with Gasteiger partial charge in [-0.25, -0.2) is 4.68 Å². The van der Waals surface area contributed by atoms with E-state index in [-0.39, 0.29) is 5.41 Å². The third-order valence-electron chi connectivity index (χ3n) is 2.99. The molecule has 0 aliphatic rings. The summed E-state index contributed by atoms with van der Waals surface area (Å²) in [5.41, 5.74) is 9.91. The molecule has 0 fully saturated rings. The summed E-state index contributed by atoms with van der Waals surface area (Å²) in [7, 11) is 0. The highest BCUT2D eigenvalue weighted by atomic mass is 15.4. The molecule has 0 aliphatic heterocycles. The van der Waals surface area contributed by atoms with Crippen molar-refractivity contribution in [3.05, 3.63) is 41.2 Å². The van der Waals surface area contributed by atoms with Crippen LogP contribution in [0.25, 0.3) is 5.69 Å². The maximum atomic E-state index is 5.76. The molecule has 1 heterocycles. The standard InChI is InChI=1S/C14H20N4/c1-10-7-5-6-8-12(10)18-13(14(2,3)4)11(9-15)16-17-18/h5-8H,9,15H2,1-4H3. The van der Waals surface area contributed by atoms with Crippen LogP contribution in [0.3, 0.4) is 0 Å². The van der Waals surface area contributed by atoms with Crippen LogP contribution in [0.1, 0.15) is 37.7 Å². The Labute approximate surface area is 108 Å². The van der Waals surface area contributed by atoms with Crippen molar-refractivity contribution < 1.29 is 0 Å². The van der Waals surface area contributed by atoms with Crippen LogP contribution in [-0.2, 0) is 12.0 Å². The fourth-order valence-corrected chi connectivity index (χ4v) is 2.17. The lowest BCUT2D eigenvalue weighted by Crippen LogP contribution is -2.20. The van der Waals surface area contributed by atoms with Crippen molar-refractivity contribution in [2.24, 2.45) is 5.73 Å². The van der Waals surface area contributed by atoms with Crippen LogP contribution in [-0.4, -0.2) is 15.0 Å². The Hall–Kier alpha value is -1.68. The van der Waals surface area contributed by atoms with Gasteiger partial charge in [0, 0.05) is 12.0 Å². The Morgan fingerprint density at radius 1 is 1.22 bits per heavy atom. The van der Waals surface area contributed by atoms with E-state index in [0.29, 0.717) is 6.54 Å². The molecule has 1 aromatic carbocycles. The minimum absolute atomic E-state index is 0.0412. The summed E-state index contributed by atoms with van der Waals surface area (Å²) in [6.07, 6.45) is 0. The number of aryl methyl sites for hydroxylation is 1. The van der Waals surface area contributed by atoms with Gasteiger partial charge in [0.25, 0.3) is 0 Å². The van der Waals surface area contributed by atoms with E-state index in [9.17, 15) is 0 Å². The molecule has 1 aromatic heterocycles. The van der Waals surface area contributed by atoms with Gasteiger partial charge in [-0.2, -0.15) is 0 Å². The smallest absolute Gasteiger partial charge is 0.100 e. The highest BCUT2D eigenvalue weighted by molar-refractivity contribution is 5.42. The predicted molar refractivity (Wildman–Crippen MR) is 72.7 cm³/mol. The maximum absolute atomic E-state index is 5.76. The Balaban J connectivity index is 2.66. The molecule has 0 spiro atoms. The molecule has 2 N–H and O–H groups in total. The van der Waals surface area contributed by atoms with E-state index in [2.05, 4.69) is 50.1 Å². The molecule has 18 heavy (non-hydrogen) atoms. The van der Waals surface area contributed by atoms with E-state index in [1.807, 2.05) is 16.8 Å². The summed E-state index contributed by atoms with van der Waals surface area (Å²) in [6.45, 7) is 8.95. The normalized spacial score (nSPS) is 11.8. The summed E-state index contributed by atoms with van der Waals surface area (Å²) in [5, 5.41) is 8.48. The molecular formula is C14H20N4. The van der Waals surface area contributed by atoms with E-state index in [1.165, 1.54) is 5.56 Å². The van der Waals surface area contributed by atoms with E-state index in [0.717, 1.165) is 17.1 Å². The average Bonchev–Trinajstić information content (AvgIpc) is 2.73. The van der Waals surface area contributed by atoms with E-state index in [4.69, 9.17) is 5.73 Å². The molecule has 4 heteroatoms. The van der Waals surface area contributed by atoms with Gasteiger partial charge in [0.2, 0.25) is 0 Å². The molecule has 0 saturated heterocycles. The van der Waals surface area contributed by atoms with Crippen LogP contribution in [0.15, 0.2) is 24.3 Å². The van der Waals surface area contributed by atoms with Crippen molar-refractivity contribution in [1.82, 2.24) is 15.0 Å². The molecule has 0 bridgehead atoms. The molecule has 0 atom stereocenters. The molecular weight excluding hydrogens is 224 g/mol. The van der Waals surface area contributed by atoms with Crippen LogP contribution < -0.4 is 5.73 Å². The third kappa shape index (κ3) is 2.16. The van der Waals surface area contributed by atoms with Crippen molar-refractivity contribution in [2.75, 3.05) is 0 Å². The number of benzene rings is 1. The lowest BCUT2D eigenvalue weighted by atomic mass is 9.90. The zero-order valence-electron chi connectivity index (χ0n) is 11.4. The number of aromatic nitrogens is 3. The number of nitrogens with zero attached hydrogens (tertiary/aromatic N) is 3. The number of rotatable bonds is 2. The van der Waals surface area contributed by atoms with Gasteiger partial charge in [-0.15, -0.1) is 5.10 Å². The topological polar surface area (TPSA) is 56.7 Å². The Bertz CT molecular complexity index is 549. The summed E-state index contributed by atoms with van der Waals surface area (Å²) in [4.78, 5) is 0. The Morgan fingerprint density at radius 3 is 2.44 bits per heavy atom. The second-order valence-electron chi connectivity index (χ2n) is 5.54. The quantitative estimate of drug-likeness (QED) is 0.882. The Morgan fingerprint density at radius 2 is 1.89 bits per heavy atom. The molecule has 96 valence electrons. The van der Waals surface area contributed by atoms with Gasteiger partial charge in [-0.1, -0.05) is 44.2 Å². The fraction of sp³-hybridized carbons (Fsp3) is 0.429.